The van der Waals surface area contributed by atoms with Crippen LogP contribution in [0, 0.1) is 5.82 Å². The summed E-state index contributed by atoms with van der Waals surface area (Å²) in [5, 5.41) is 6.81. The predicted octanol–water partition coefficient (Wildman–Crippen LogP) is 2.28. The average molecular weight is 431 g/mol. The summed E-state index contributed by atoms with van der Waals surface area (Å²) in [5.74, 6) is -1.55. The van der Waals surface area contributed by atoms with Crippen LogP contribution < -0.4 is 10.0 Å². The van der Waals surface area contributed by atoms with Gasteiger partial charge in [-0.2, -0.15) is 5.10 Å². The van der Waals surface area contributed by atoms with Crippen LogP contribution in [0.4, 0.5) is 4.39 Å². The summed E-state index contributed by atoms with van der Waals surface area (Å²) >= 11 is 0. The van der Waals surface area contributed by atoms with Crippen molar-refractivity contribution >= 4 is 15.9 Å². The molecule has 0 saturated heterocycles. The molecule has 30 heavy (non-hydrogen) atoms. The van der Waals surface area contributed by atoms with Crippen molar-refractivity contribution in [1.29, 1.82) is 0 Å². The Bertz CT molecular complexity index is 1100. The summed E-state index contributed by atoms with van der Waals surface area (Å²) in [6.07, 6.45) is 2.88. The van der Waals surface area contributed by atoms with Crippen molar-refractivity contribution in [2.45, 2.75) is 37.4 Å². The SMILES string of the molecule is CC(C)NS(=O)(=O)c1ccc(F)c(C(=O)NC(Cn2cncn2)c2ccccc2)c1. The largest absolute Gasteiger partial charge is 0.343 e. The van der Waals surface area contributed by atoms with E-state index >= 15 is 0 Å². The fourth-order valence-corrected chi connectivity index (χ4v) is 4.17. The van der Waals surface area contributed by atoms with Gasteiger partial charge in [0.05, 0.1) is 23.0 Å². The van der Waals surface area contributed by atoms with Crippen LogP contribution in [-0.2, 0) is 16.6 Å². The van der Waals surface area contributed by atoms with Gasteiger partial charge in [-0.15, -0.1) is 0 Å². The van der Waals surface area contributed by atoms with E-state index in [1.165, 1.54) is 12.7 Å². The van der Waals surface area contributed by atoms with Gasteiger partial charge in [0.1, 0.15) is 18.5 Å². The fraction of sp³-hybridized carbons (Fsp3) is 0.250. The van der Waals surface area contributed by atoms with Crippen LogP contribution in [0.3, 0.4) is 0 Å². The summed E-state index contributed by atoms with van der Waals surface area (Å²) < 4.78 is 43.2. The summed E-state index contributed by atoms with van der Waals surface area (Å²) in [6, 6.07) is 11.4. The number of rotatable bonds is 8. The highest BCUT2D eigenvalue weighted by atomic mass is 32.2. The average Bonchev–Trinajstić information content (AvgIpc) is 3.20. The van der Waals surface area contributed by atoms with Crippen molar-refractivity contribution in [3.63, 3.8) is 0 Å². The molecule has 0 aliphatic heterocycles. The number of halogens is 1. The molecule has 0 aliphatic rings. The van der Waals surface area contributed by atoms with Gasteiger partial charge in [-0.3, -0.25) is 9.48 Å². The Kier molecular flexibility index (Phi) is 6.58. The third kappa shape index (κ3) is 5.28. The zero-order chi connectivity index (χ0) is 21.7. The number of carbonyl (C=O) groups is 1. The zero-order valence-corrected chi connectivity index (χ0v) is 17.3. The minimum atomic E-state index is -3.87. The number of benzene rings is 2. The molecule has 1 atom stereocenters. The summed E-state index contributed by atoms with van der Waals surface area (Å²) in [6.45, 7) is 3.61. The molecule has 1 unspecified atom stereocenters. The third-order valence-corrected chi connectivity index (χ3v) is 5.88. The molecule has 3 rings (SSSR count). The Balaban J connectivity index is 1.89. The molecule has 1 amide bonds. The maximum atomic E-state index is 14.4. The first-order valence-corrected chi connectivity index (χ1v) is 10.7. The van der Waals surface area contributed by atoms with E-state index in [2.05, 4.69) is 20.1 Å². The van der Waals surface area contributed by atoms with Crippen molar-refractivity contribution in [2.75, 3.05) is 0 Å². The monoisotopic (exact) mass is 431 g/mol. The molecule has 1 aromatic heterocycles. The number of nitrogens with one attached hydrogen (secondary N) is 2. The van der Waals surface area contributed by atoms with Gasteiger partial charge in [-0.25, -0.2) is 22.5 Å². The highest BCUT2D eigenvalue weighted by molar-refractivity contribution is 7.89. The molecule has 1 heterocycles. The first-order valence-electron chi connectivity index (χ1n) is 9.26. The minimum Gasteiger partial charge on any atom is -0.343 e. The van der Waals surface area contributed by atoms with Crippen LogP contribution in [0.1, 0.15) is 35.8 Å². The second-order valence-corrected chi connectivity index (χ2v) is 8.69. The van der Waals surface area contributed by atoms with E-state index in [1.54, 1.807) is 18.5 Å². The molecule has 158 valence electrons. The molecular formula is C20H22FN5O3S. The Labute approximate surface area is 174 Å². The van der Waals surface area contributed by atoms with Crippen LogP contribution in [0.25, 0.3) is 0 Å². The number of sulfonamides is 1. The molecule has 0 fully saturated rings. The molecule has 10 heteroatoms. The lowest BCUT2D eigenvalue weighted by molar-refractivity contribution is 0.0927. The van der Waals surface area contributed by atoms with Crippen molar-refractivity contribution in [1.82, 2.24) is 24.8 Å². The number of hydrogen-bond acceptors (Lipinski definition) is 5. The molecular weight excluding hydrogens is 409 g/mol. The van der Waals surface area contributed by atoms with Gasteiger partial charge < -0.3 is 5.32 Å². The molecule has 0 saturated carbocycles. The summed E-state index contributed by atoms with van der Waals surface area (Å²) in [7, 11) is -3.87. The van der Waals surface area contributed by atoms with E-state index < -0.39 is 27.8 Å². The number of aromatic nitrogens is 3. The number of hydrogen-bond donors (Lipinski definition) is 2. The molecule has 0 radical (unpaired) electrons. The van der Waals surface area contributed by atoms with E-state index in [4.69, 9.17) is 0 Å². The van der Waals surface area contributed by atoms with E-state index in [0.717, 1.165) is 23.8 Å². The molecule has 2 N–H and O–H groups in total. The summed E-state index contributed by atoms with van der Waals surface area (Å²) in [4.78, 5) is 16.6. The van der Waals surface area contributed by atoms with Crippen molar-refractivity contribution < 1.29 is 17.6 Å². The Morgan fingerprint density at radius 3 is 2.53 bits per heavy atom. The third-order valence-electron chi connectivity index (χ3n) is 4.23. The van der Waals surface area contributed by atoms with Gasteiger partial charge in [0.25, 0.3) is 5.91 Å². The maximum absolute atomic E-state index is 14.4. The van der Waals surface area contributed by atoms with Crippen LogP contribution >= 0.6 is 0 Å². The molecule has 3 aromatic rings. The minimum absolute atomic E-state index is 0.185. The maximum Gasteiger partial charge on any atom is 0.254 e. The molecule has 8 nitrogen and oxygen atoms in total. The normalized spacial score (nSPS) is 12.7. The second-order valence-electron chi connectivity index (χ2n) is 6.97. The van der Waals surface area contributed by atoms with E-state index in [-0.39, 0.29) is 23.0 Å². The predicted molar refractivity (Wildman–Crippen MR) is 109 cm³/mol. The lowest BCUT2D eigenvalue weighted by Gasteiger charge is -2.20. The standard InChI is InChI=1S/C20H22FN5O3S/c1-14(2)25-30(28,29)16-8-9-18(21)17(10-16)20(27)24-19(11-26-13-22-12-23-26)15-6-4-3-5-7-15/h3-10,12-14,19,25H,11H2,1-2H3,(H,24,27). The molecule has 0 aliphatic carbocycles. The van der Waals surface area contributed by atoms with Gasteiger partial charge in [0.15, 0.2) is 0 Å². The first kappa shape index (κ1) is 21.6. The van der Waals surface area contributed by atoms with E-state index in [1.807, 2.05) is 30.3 Å². The van der Waals surface area contributed by atoms with Crippen molar-refractivity contribution in [3.8, 4) is 0 Å². The van der Waals surface area contributed by atoms with Gasteiger partial charge in [0.2, 0.25) is 10.0 Å². The van der Waals surface area contributed by atoms with Crippen LogP contribution in [0.5, 0.6) is 0 Å². The fourth-order valence-electron chi connectivity index (χ4n) is 2.89. The Morgan fingerprint density at radius 2 is 1.90 bits per heavy atom. The van der Waals surface area contributed by atoms with Crippen LogP contribution in [0.2, 0.25) is 0 Å². The van der Waals surface area contributed by atoms with E-state index in [9.17, 15) is 17.6 Å². The first-order chi connectivity index (χ1) is 14.3. The molecule has 0 bridgehead atoms. The topological polar surface area (TPSA) is 106 Å². The van der Waals surface area contributed by atoms with Gasteiger partial charge in [-0.1, -0.05) is 30.3 Å². The highest BCUT2D eigenvalue weighted by Crippen LogP contribution is 2.19. The van der Waals surface area contributed by atoms with E-state index in [0.29, 0.717) is 0 Å². The zero-order valence-electron chi connectivity index (χ0n) is 16.5. The smallest absolute Gasteiger partial charge is 0.254 e. The second kappa shape index (κ2) is 9.14. The Hall–Kier alpha value is -3.11. The van der Waals surface area contributed by atoms with Crippen molar-refractivity contribution in [3.05, 3.63) is 78.1 Å². The van der Waals surface area contributed by atoms with Gasteiger partial charge in [0, 0.05) is 6.04 Å². The number of carbonyl (C=O) groups excluding carboxylic acids is 1. The van der Waals surface area contributed by atoms with Crippen LogP contribution in [-0.4, -0.2) is 35.1 Å². The van der Waals surface area contributed by atoms with Crippen LogP contribution in [0.15, 0.2) is 66.1 Å². The summed E-state index contributed by atoms with van der Waals surface area (Å²) in [5.41, 5.74) is 0.424. The van der Waals surface area contributed by atoms with Crippen molar-refractivity contribution in [2.24, 2.45) is 0 Å². The number of nitrogens with zero attached hydrogens (tertiary/aromatic N) is 3. The number of amides is 1. The van der Waals surface area contributed by atoms with Gasteiger partial charge >= 0.3 is 0 Å². The quantitative estimate of drug-likeness (QED) is 0.569. The lowest BCUT2D eigenvalue weighted by Crippen LogP contribution is -2.33. The molecule has 2 aromatic carbocycles. The lowest BCUT2D eigenvalue weighted by atomic mass is 10.1. The van der Waals surface area contributed by atoms with Gasteiger partial charge in [-0.05, 0) is 37.6 Å². The molecule has 0 spiro atoms. The Morgan fingerprint density at radius 1 is 1.17 bits per heavy atom. The highest BCUT2D eigenvalue weighted by Gasteiger charge is 2.23.